The maximum absolute atomic E-state index is 13.1. The average Bonchev–Trinajstić information content (AvgIpc) is 2.71. The van der Waals surface area contributed by atoms with Crippen molar-refractivity contribution in [3.63, 3.8) is 0 Å². The predicted molar refractivity (Wildman–Crippen MR) is 125 cm³/mol. The second kappa shape index (κ2) is 11.9. The summed E-state index contributed by atoms with van der Waals surface area (Å²) in [6.45, 7) is 2.37. The summed E-state index contributed by atoms with van der Waals surface area (Å²) in [6, 6.07) is 17.1. The van der Waals surface area contributed by atoms with E-state index in [0.29, 0.717) is 18.5 Å². The van der Waals surface area contributed by atoms with Crippen LogP contribution in [0.5, 0.6) is 0 Å². The summed E-state index contributed by atoms with van der Waals surface area (Å²) in [7, 11) is -3.73. The number of nitrogens with zero attached hydrogens (tertiary/aromatic N) is 1. The van der Waals surface area contributed by atoms with Crippen LogP contribution in [0.2, 0.25) is 0 Å². The van der Waals surface area contributed by atoms with Gasteiger partial charge in [0.15, 0.2) is 0 Å². The zero-order valence-electron chi connectivity index (χ0n) is 16.4. The van der Waals surface area contributed by atoms with Crippen molar-refractivity contribution in [2.45, 2.75) is 37.5 Å². The Morgan fingerprint density at radius 1 is 0.931 bits per heavy atom. The van der Waals surface area contributed by atoms with Gasteiger partial charge in [0.25, 0.3) is 10.0 Å². The molecule has 0 amide bonds. The fourth-order valence-electron chi connectivity index (χ4n) is 2.67. The minimum atomic E-state index is -3.73. The van der Waals surface area contributed by atoms with Gasteiger partial charge < -0.3 is 5.11 Å². The summed E-state index contributed by atoms with van der Waals surface area (Å²) in [5.74, 6) is 5.97. The van der Waals surface area contributed by atoms with Crippen molar-refractivity contribution in [1.82, 2.24) is 4.31 Å². The third kappa shape index (κ3) is 7.08. The van der Waals surface area contributed by atoms with E-state index in [0.717, 1.165) is 30.4 Å². The van der Waals surface area contributed by atoms with E-state index >= 15 is 0 Å². The van der Waals surface area contributed by atoms with E-state index in [-0.39, 0.29) is 11.5 Å². The van der Waals surface area contributed by atoms with Gasteiger partial charge in [-0.25, -0.2) is 12.7 Å². The highest BCUT2D eigenvalue weighted by molar-refractivity contribution is 14.1. The molecule has 0 aliphatic carbocycles. The summed E-state index contributed by atoms with van der Waals surface area (Å²) in [5.41, 5.74) is 2.46. The summed E-state index contributed by atoms with van der Waals surface area (Å²) in [6.07, 6.45) is 3.09. The van der Waals surface area contributed by atoms with Gasteiger partial charge in [-0.2, -0.15) is 0 Å². The van der Waals surface area contributed by atoms with Crippen LogP contribution in [0.15, 0.2) is 53.4 Å². The number of sulfonamides is 1. The number of hydrogen-bond donors (Lipinski definition) is 1. The van der Waals surface area contributed by atoms with E-state index in [1.165, 1.54) is 4.31 Å². The smallest absolute Gasteiger partial charge is 0.270 e. The molecule has 0 aromatic heterocycles. The van der Waals surface area contributed by atoms with E-state index in [9.17, 15) is 8.42 Å². The third-order valence-corrected chi connectivity index (χ3v) is 6.29. The van der Waals surface area contributed by atoms with Crippen LogP contribution in [0.25, 0.3) is 0 Å². The quantitative estimate of drug-likeness (QED) is 0.244. The predicted octanol–water partition coefficient (Wildman–Crippen LogP) is 4.29. The molecular formula is C23H24INO3S. The lowest BCUT2D eigenvalue weighted by atomic mass is 10.1. The van der Waals surface area contributed by atoms with Crippen molar-refractivity contribution in [3.05, 3.63) is 65.2 Å². The van der Waals surface area contributed by atoms with Gasteiger partial charge in [-0.15, -0.1) is 0 Å². The zero-order chi connectivity index (χ0) is 21.1. The minimum Gasteiger partial charge on any atom is -0.396 e. The highest BCUT2D eigenvalue weighted by Gasteiger charge is 2.21. The molecule has 0 spiro atoms. The minimum absolute atomic E-state index is 0.153. The van der Waals surface area contributed by atoms with Crippen LogP contribution in [-0.2, 0) is 10.0 Å². The molecule has 6 heteroatoms. The molecule has 0 radical (unpaired) electrons. The number of aryl methyl sites for hydroxylation is 1. The van der Waals surface area contributed by atoms with Crippen molar-refractivity contribution in [1.29, 1.82) is 0 Å². The van der Waals surface area contributed by atoms with E-state index in [2.05, 4.69) is 21.8 Å². The van der Waals surface area contributed by atoms with E-state index in [4.69, 9.17) is 5.11 Å². The molecule has 29 heavy (non-hydrogen) atoms. The Morgan fingerprint density at radius 3 is 2.17 bits per heavy atom. The van der Waals surface area contributed by atoms with Crippen LogP contribution in [-0.4, -0.2) is 31.0 Å². The normalized spacial score (nSPS) is 10.4. The van der Waals surface area contributed by atoms with Gasteiger partial charge in [0.1, 0.15) is 0 Å². The first kappa shape index (κ1) is 23.3. The molecule has 152 valence electrons. The van der Waals surface area contributed by atoms with Gasteiger partial charge in [-0.1, -0.05) is 48.6 Å². The highest BCUT2D eigenvalue weighted by atomic mass is 127. The van der Waals surface area contributed by atoms with Gasteiger partial charge in [-0.3, -0.25) is 0 Å². The SMILES string of the molecule is Cc1ccc(S(=O)(=O)N(C#Cc2ccccc2C#CI)CCCCCCO)cc1. The van der Waals surface area contributed by atoms with Gasteiger partial charge in [0, 0.05) is 52.9 Å². The summed E-state index contributed by atoms with van der Waals surface area (Å²) >= 11 is 1.97. The molecule has 2 aromatic rings. The number of rotatable bonds is 8. The Hall–Kier alpha value is -2.00. The first-order valence-electron chi connectivity index (χ1n) is 9.41. The summed E-state index contributed by atoms with van der Waals surface area (Å²) < 4.78 is 30.4. The van der Waals surface area contributed by atoms with Gasteiger partial charge in [0.05, 0.1) is 4.90 Å². The highest BCUT2D eigenvalue weighted by Crippen LogP contribution is 2.17. The van der Waals surface area contributed by atoms with Crippen LogP contribution in [0.1, 0.15) is 42.4 Å². The Morgan fingerprint density at radius 2 is 1.55 bits per heavy atom. The van der Waals surface area contributed by atoms with Gasteiger partial charge >= 0.3 is 0 Å². The number of hydrogen-bond acceptors (Lipinski definition) is 3. The number of unbranched alkanes of at least 4 members (excludes halogenated alkanes) is 3. The average molecular weight is 521 g/mol. The van der Waals surface area contributed by atoms with Crippen LogP contribution < -0.4 is 0 Å². The Labute approximate surface area is 187 Å². The van der Waals surface area contributed by atoms with Crippen molar-refractivity contribution < 1.29 is 13.5 Å². The lowest BCUT2D eigenvalue weighted by molar-refractivity contribution is 0.282. The molecule has 0 heterocycles. The lowest BCUT2D eigenvalue weighted by Crippen LogP contribution is -2.27. The largest absolute Gasteiger partial charge is 0.396 e. The molecule has 1 N–H and O–H groups in total. The molecule has 0 atom stereocenters. The number of halogens is 1. The van der Waals surface area contributed by atoms with Crippen LogP contribution in [0, 0.1) is 28.7 Å². The van der Waals surface area contributed by atoms with E-state index in [1.807, 2.05) is 53.8 Å². The third-order valence-electron chi connectivity index (χ3n) is 4.30. The zero-order valence-corrected chi connectivity index (χ0v) is 19.3. The van der Waals surface area contributed by atoms with Gasteiger partial charge in [-0.05, 0) is 53.9 Å². The molecule has 0 saturated carbocycles. The maximum atomic E-state index is 13.1. The first-order valence-corrected chi connectivity index (χ1v) is 11.9. The maximum Gasteiger partial charge on any atom is 0.270 e. The van der Waals surface area contributed by atoms with Crippen molar-refractivity contribution in [2.24, 2.45) is 0 Å². The molecule has 0 aliphatic heterocycles. The van der Waals surface area contributed by atoms with Gasteiger partial charge in [0.2, 0.25) is 0 Å². The number of aliphatic hydroxyl groups is 1. The summed E-state index contributed by atoms with van der Waals surface area (Å²) in [5, 5.41) is 8.91. The topological polar surface area (TPSA) is 57.6 Å². The van der Waals surface area contributed by atoms with Crippen LogP contribution in [0.3, 0.4) is 0 Å². The molecule has 0 saturated heterocycles. The first-order chi connectivity index (χ1) is 14.0. The number of aliphatic hydroxyl groups excluding tert-OH is 1. The van der Waals surface area contributed by atoms with E-state index < -0.39 is 10.0 Å². The molecule has 0 aliphatic rings. The standard InChI is InChI=1S/C23H24INO3S/c1-20-10-12-23(13-11-20)29(27,28)25(17-6-2-3-7-19-26)18-15-22-9-5-4-8-21(22)14-16-24/h4-5,8-13,26H,2-3,6-7,17,19H2,1H3. The molecule has 0 bridgehead atoms. The van der Waals surface area contributed by atoms with Crippen LogP contribution >= 0.6 is 22.6 Å². The molecule has 0 fully saturated rings. The molecule has 0 unspecified atom stereocenters. The number of benzene rings is 2. The van der Waals surface area contributed by atoms with Crippen molar-refractivity contribution in [3.8, 4) is 21.8 Å². The monoisotopic (exact) mass is 521 g/mol. The fourth-order valence-corrected chi connectivity index (χ4v) is 4.23. The Kier molecular flexibility index (Phi) is 9.53. The molecule has 2 rings (SSSR count). The molecular weight excluding hydrogens is 497 g/mol. The van der Waals surface area contributed by atoms with E-state index in [1.54, 1.807) is 24.3 Å². The molecule has 4 nitrogen and oxygen atoms in total. The Bertz CT molecular complexity index is 1030. The van der Waals surface area contributed by atoms with Crippen LogP contribution in [0.4, 0.5) is 0 Å². The Balaban J connectivity index is 2.33. The second-order valence-electron chi connectivity index (χ2n) is 6.53. The lowest BCUT2D eigenvalue weighted by Gasteiger charge is -2.18. The second-order valence-corrected chi connectivity index (χ2v) is 8.93. The molecule has 2 aromatic carbocycles. The fraction of sp³-hybridized carbons (Fsp3) is 0.304. The van der Waals surface area contributed by atoms with Crippen molar-refractivity contribution in [2.75, 3.05) is 13.2 Å². The van der Waals surface area contributed by atoms with Crippen molar-refractivity contribution >= 4 is 32.6 Å². The summed E-state index contributed by atoms with van der Waals surface area (Å²) in [4.78, 5) is 0.230.